The molecule has 9 heteroatoms. The molecule has 0 atom stereocenters. The molecule has 0 aliphatic carbocycles. The zero-order valence-corrected chi connectivity index (χ0v) is 15.2. The average Bonchev–Trinajstić information content (AvgIpc) is 2.69. The number of carbonyl (C=O) groups is 1. The van der Waals surface area contributed by atoms with Crippen molar-refractivity contribution in [1.82, 2.24) is 19.2 Å². The molecule has 0 bridgehead atoms. The summed E-state index contributed by atoms with van der Waals surface area (Å²) in [6, 6.07) is 6.36. The summed E-state index contributed by atoms with van der Waals surface area (Å²) in [6.07, 6.45) is 4.36. The van der Waals surface area contributed by atoms with Crippen LogP contribution in [0.1, 0.15) is 17.4 Å². The van der Waals surface area contributed by atoms with E-state index in [2.05, 4.69) is 9.97 Å². The smallest absolute Gasteiger partial charge is 0.274 e. The second-order valence-corrected chi connectivity index (χ2v) is 7.63. The summed E-state index contributed by atoms with van der Waals surface area (Å²) in [4.78, 5) is 22.1. The lowest BCUT2D eigenvalue weighted by atomic mass is 10.3. The molecule has 1 aliphatic rings. The predicted molar refractivity (Wildman–Crippen MR) is 94.3 cm³/mol. The van der Waals surface area contributed by atoms with Crippen molar-refractivity contribution in [3.8, 4) is 5.75 Å². The number of piperazine rings is 1. The third-order valence-corrected chi connectivity index (χ3v) is 5.99. The van der Waals surface area contributed by atoms with Gasteiger partial charge in [0.15, 0.2) is 0 Å². The van der Waals surface area contributed by atoms with Crippen LogP contribution in [-0.2, 0) is 10.0 Å². The molecule has 1 aliphatic heterocycles. The molecule has 2 aromatic rings. The molecule has 26 heavy (non-hydrogen) atoms. The third kappa shape index (κ3) is 3.83. The molecule has 1 amide bonds. The van der Waals surface area contributed by atoms with Gasteiger partial charge in [0.2, 0.25) is 10.0 Å². The molecule has 1 aromatic heterocycles. The Bertz CT molecular complexity index is 848. The van der Waals surface area contributed by atoms with Gasteiger partial charge in [0.1, 0.15) is 11.4 Å². The molecule has 0 N–H and O–H groups in total. The van der Waals surface area contributed by atoms with Crippen molar-refractivity contribution in [1.29, 1.82) is 0 Å². The normalized spacial score (nSPS) is 15.7. The Morgan fingerprint density at radius 2 is 1.81 bits per heavy atom. The maximum atomic E-state index is 12.8. The van der Waals surface area contributed by atoms with Crippen molar-refractivity contribution in [3.63, 3.8) is 0 Å². The highest BCUT2D eigenvalue weighted by Crippen LogP contribution is 2.21. The van der Waals surface area contributed by atoms with Crippen LogP contribution in [0.4, 0.5) is 0 Å². The van der Waals surface area contributed by atoms with Gasteiger partial charge in [-0.2, -0.15) is 4.31 Å². The molecule has 138 valence electrons. The van der Waals surface area contributed by atoms with Crippen molar-refractivity contribution in [2.24, 2.45) is 0 Å². The van der Waals surface area contributed by atoms with Crippen LogP contribution in [0.25, 0.3) is 0 Å². The van der Waals surface area contributed by atoms with Crippen molar-refractivity contribution in [2.75, 3.05) is 32.8 Å². The number of rotatable bonds is 5. The molecular weight excluding hydrogens is 356 g/mol. The molecule has 1 saturated heterocycles. The lowest BCUT2D eigenvalue weighted by Gasteiger charge is -2.33. The van der Waals surface area contributed by atoms with E-state index in [1.54, 1.807) is 17.0 Å². The van der Waals surface area contributed by atoms with E-state index in [4.69, 9.17) is 4.74 Å². The fraction of sp³-hybridized carbons (Fsp3) is 0.353. The Labute approximate surface area is 152 Å². The zero-order valence-electron chi connectivity index (χ0n) is 14.4. The van der Waals surface area contributed by atoms with Gasteiger partial charge in [-0.1, -0.05) is 0 Å². The molecule has 1 aromatic carbocycles. The topological polar surface area (TPSA) is 92.7 Å². The van der Waals surface area contributed by atoms with Crippen LogP contribution in [-0.4, -0.2) is 66.3 Å². The number of carbonyl (C=O) groups excluding carboxylic acids is 1. The lowest BCUT2D eigenvalue weighted by molar-refractivity contribution is 0.0691. The maximum absolute atomic E-state index is 12.8. The standard InChI is InChI=1S/C17H20N4O4S/c1-2-25-14-3-5-15(6-4-14)26(23,24)21-11-9-20(10-12-21)17(22)16-13-18-7-8-19-16/h3-8,13H,2,9-12H2,1H3. The zero-order chi connectivity index (χ0) is 18.6. The number of benzene rings is 1. The molecule has 8 nitrogen and oxygen atoms in total. The van der Waals surface area contributed by atoms with E-state index in [1.807, 2.05) is 6.92 Å². The van der Waals surface area contributed by atoms with Gasteiger partial charge in [-0.15, -0.1) is 0 Å². The van der Waals surface area contributed by atoms with Gasteiger partial charge < -0.3 is 9.64 Å². The summed E-state index contributed by atoms with van der Waals surface area (Å²) in [6.45, 7) is 3.49. The number of hydrogen-bond acceptors (Lipinski definition) is 6. The Morgan fingerprint density at radius 3 is 2.38 bits per heavy atom. The number of amides is 1. The maximum Gasteiger partial charge on any atom is 0.274 e. The molecule has 0 saturated carbocycles. The summed E-state index contributed by atoms with van der Waals surface area (Å²) in [5.74, 6) is 0.391. The molecule has 1 fully saturated rings. The average molecular weight is 376 g/mol. The van der Waals surface area contributed by atoms with Crippen molar-refractivity contribution < 1.29 is 17.9 Å². The monoisotopic (exact) mass is 376 g/mol. The van der Waals surface area contributed by atoms with Crippen LogP contribution in [0.5, 0.6) is 5.75 Å². The van der Waals surface area contributed by atoms with E-state index in [9.17, 15) is 13.2 Å². The van der Waals surface area contributed by atoms with E-state index < -0.39 is 10.0 Å². The van der Waals surface area contributed by atoms with Crippen LogP contribution in [0.2, 0.25) is 0 Å². The first kappa shape index (κ1) is 18.3. The van der Waals surface area contributed by atoms with Crippen LogP contribution in [0, 0.1) is 0 Å². The number of sulfonamides is 1. The highest BCUT2D eigenvalue weighted by molar-refractivity contribution is 7.89. The molecule has 3 rings (SSSR count). The van der Waals surface area contributed by atoms with E-state index in [0.717, 1.165) is 0 Å². The summed E-state index contributed by atoms with van der Waals surface area (Å²) >= 11 is 0. The molecule has 0 radical (unpaired) electrons. The lowest BCUT2D eigenvalue weighted by Crippen LogP contribution is -2.50. The Balaban J connectivity index is 1.66. The second-order valence-electron chi connectivity index (χ2n) is 5.69. The number of nitrogens with zero attached hydrogens (tertiary/aromatic N) is 4. The van der Waals surface area contributed by atoms with Crippen LogP contribution >= 0.6 is 0 Å². The van der Waals surface area contributed by atoms with E-state index in [0.29, 0.717) is 25.4 Å². The van der Waals surface area contributed by atoms with Crippen molar-refractivity contribution >= 4 is 15.9 Å². The van der Waals surface area contributed by atoms with Crippen molar-refractivity contribution in [3.05, 3.63) is 48.5 Å². The fourth-order valence-corrected chi connectivity index (χ4v) is 4.15. The molecule has 0 spiro atoms. The minimum absolute atomic E-state index is 0.217. The van der Waals surface area contributed by atoms with Crippen LogP contribution < -0.4 is 4.74 Å². The summed E-state index contributed by atoms with van der Waals surface area (Å²) in [7, 11) is -3.60. The minimum atomic E-state index is -3.60. The van der Waals surface area contributed by atoms with Gasteiger partial charge in [-0.25, -0.2) is 13.4 Å². The van der Waals surface area contributed by atoms with Crippen LogP contribution in [0.3, 0.4) is 0 Å². The largest absolute Gasteiger partial charge is 0.494 e. The first-order valence-corrected chi connectivity index (χ1v) is 9.74. The number of ether oxygens (including phenoxy) is 1. The number of hydrogen-bond donors (Lipinski definition) is 0. The predicted octanol–water partition coefficient (Wildman–Crippen LogP) is 1.02. The van der Waals surface area contributed by atoms with Gasteiger partial charge in [0, 0.05) is 38.6 Å². The Hall–Kier alpha value is -2.52. The van der Waals surface area contributed by atoms with Gasteiger partial charge in [0.25, 0.3) is 5.91 Å². The Kier molecular flexibility index (Phi) is 5.48. The van der Waals surface area contributed by atoms with Crippen molar-refractivity contribution in [2.45, 2.75) is 11.8 Å². The van der Waals surface area contributed by atoms with Gasteiger partial charge in [0.05, 0.1) is 17.7 Å². The summed E-state index contributed by atoms with van der Waals surface area (Å²) < 4.78 is 32.3. The van der Waals surface area contributed by atoms with Gasteiger partial charge in [-0.3, -0.25) is 9.78 Å². The van der Waals surface area contributed by atoms with E-state index >= 15 is 0 Å². The van der Waals surface area contributed by atoms with Gasteiger partial charge in [-0.05, 0) is 31.2 Å². The van der Waals surface area contributed by atoms with E-state index in [1.165, 1.54) is 35.0 Å². The van der Waals surface area contributed by atoms with Crippen LogP contribution in [0.15, 0.2) is 47.8 Å². The Morgan fingerprint density at radius 1 is 1.12 bits per heavy atom. The molecular formula is C17H20N4O4S. The third-order valence-electron chi connectivity index (χ3n) is 4.08. The SMILES string of the molecule is CCOc1ccc(S(=O)(=O)N2CCN(C(=O)c3cnccn3)CC2)cc1. The fourth-order valence-electron chi connectivity index (χ4n) is 2.73. The quantitative estimate of drug-likeness (QED) is 0.774. The highest BCUT2D eigenvalue weighted by Gasteiger charge is 2.30. The van der Waals surface area contributed by atoms with Gasteiger partial charge >= 0.3 is 0 Å². The molecule has 2 heterocycles. The number of aromatic nitrogens is 2. The molecule has 0 unspecified atom stereocenters. The second kappa shape index (κ2) is 7.79. The first-order valence-electron chi connectivity index (χ1n) is 8.30. The summed E-state index contributed by atoms with van der Waals surface area (Å²) in [5, 5.41) is 0. The summed E-state index contributed by atoms with van der Waals surface area (Å²) in [5.41, 5.74) is 0.260. The minimum Gasteiger partial charge on any atom is -0.494 e. The first-order chi connectivity index (χ1) is 12.5. The highest BCUT2D eigenvalue weighted by atomic mass is 32.2. The van der Waals surface area contributed by atoms with E-state index in [-0.39, 0.29) is 29.6 Å².